The second kappa shape index (κ2) is 13.5. The number of amides is 1. The van der Waals surface area contributed by atoms with Gasteiger partial charge in [-0.25, -0.2) is 0 Å². The number of aryl methyl sites for hydroxylation is 1. The molecule has 1 atom stereocenters. The molecule has 2 aromatic carbocycles. The lowest BCUT2D eigenvalue weighted by molar-refractivity contribution is -0.140. The second-order valence-corrected chi connectivity index (χ2v) is 10.6. The molecule has 0 spiro atoms. The highest BCUT2D eigenvalue weighted by atomic mass is 16.5. The molecule has 7 heteroatoms. The minimum absolute atomic E-state index is 0.0978. The number of likely N-dealkylation sites (N-methyl/N-ethyl adjacent to an activating group) is 1. The molecule has 1 fully saturated rings. The molecule has 0 bridgehead atoms. The first kappa shape index (κ1) is 29.2. The van der Waals surface area contributed by atoms with E-state index in [1.807, 2.05) is 50.2 Å². The molecule has 7 nitrogen and oxygen atoms in total. The summed E-state index contributed by atoms with van der Waals surface area (Å²) in [5.74, 6) is 0.388. The number of ketones is 1. The van der Waals surface area contributed by atoms with Gasteiger partial charge in [0.2, 0.25) is 0 Å². The summed E-state index contributed by atoms with van der Waals surface area (Å²) < 4.78 is 11.7. The number of likely N-dealkylation sites (tertiary alicyclic amines) is 1. The van der Waals surface area contributed by atoms with Gasteiger partial charge in [0, 0.05) is 18.7 Å². The standard InChI is InChI=1S/C31H42N2O5/c1-7-8-9-18-37-25-13-10-23(11-14-25)28-27(30(35)31(36)33(28)17-16-32(5)6)29(34)24-12-15-26(22(4)19-24)38-20-21(2)3/h10-15,19,21,28,34H,7-9,16-18,20H2,1-6H3/b29-27+. The van der Waals surface area contributed by atoms with Crippen molar-refractivity contribution in [3.8, 4) is 11.5 Å². The Bertz CT molecular complexity index is 1140. The molecule has 1 amide bonds. The topological polar surface area (TPSA) is 79.3 Å². The maximum atomic E-state index is 13.3. The number of hydrogen-bond donors (Lipinski definition) is 1. The van der Waals surface area contributed by atoms with Crippen molar-refractivity contribution in [2.24, 2.45) is 5.92 Å². The predicted molar refractivity (Wildman–Crippen MR) is 151 cm³/mol. The Morgan fingerprint density at radius 1 is 1.05 bits per heavy atom. The van der Waals surface area contributed by atoms with Crippen LogP contribution in [-0.4, -0.2) is 67.0 Å². The molecule has 1 unspecified atom stereocenters. The lowest BCUT2D eigenvalue weighted by Gasteiger charge is -2.26. The van der Waals surface area contributed by atoms with Crippen LogP contribution >= 0.6 is 0 Å². The monoisotopic (exact) mass is 522 g/mol. The highest BCUT2D eigenvalue weighted by Crippen LogP contribution is 2.40. The van der Waals surface area contributed by atoms with Crippen LogP contribution in [0.5, 0.6) is 11.5 Å². The van der Waals surface area contributed by atoms with Gasteiger partial charge >= 0.3 is 0 Å². The van der Waals surface area contributed by atoms with Crippen LogP contribution in [-0.2, 0) is 9.59 Å². The van der Waals surface area contributed by atoms with Gasteiger partial charge < -0.3 is 24.4 Å². The van der Waals surface area contributed by atoms with E-state index in [0.717, 1.165) is 41.9 Å². The van der Waals surface area contributed by atoms with Crippen molar-refractivity contribution in [3.05, 3.63) is 64.7 Å². The van der Waals surface area contributed by atoms with Crippen LogP contribution in [0.3, 0.4) is 0 Å². The molecule has 0 aliphatic carbocycles. The summed E-state index contributed by atoms with van der Waals surface area (Å²) in [6.07, 6.45) is 3.23. The fourth-order valence-electron chi connectivity index (χ4n) is 4.42. The molecule has 2 aromatic rings. The van der Waals surface area contributed by atoms with Crippen LogP contribution in [0.1, 0.15) is 62.8 Å². The Morgan fingerprint density at radius 3 is 2.37 bits per heavy atom. The molecular formula is C31H42N2O5. The molecule has 206 valence electrons. The van der Waals surface area contributed by atoms with Gasteiger partial charge in [-0.15, -0.1) is 0 Å². The van der Waals surface area contributed by atoms with Crippen LogP contribution in [0.15, 0.2) is 48.0 Å². The third kappa shape index (κ3) is 7.16. The van der Waals surface area contributed by atoms with E-state index in [9.17, 15) is 14.7 Å². The lowest BCUT2D eigenvalue weighted by Crippen LogP contribution is -2.35. The molecule has 1 aliphatic heterocycles. The highest BCUT2D eigenvalue weighted by molar-refractivity contribution is 6.46. The van der Waals surface area contributed by atoms with E-state index in [1.165, 1.54) is 0 Å². The molecule has 3 rings (SSSR count). The number of unbranched alkanes of at least 4 members (excludes halogenated alkanes) is 2. The van der Waals surface area contributed by atoms with Crippen LogP contribution in [0, 0.1) is 12.8 Å². The number of nitrogens with zero attached hydrogens (tertiary/aromatic N) is 2. The number of aliphatic hydroxyl groups excluding tert-OH is 1. The van der Waals surface area contributed by atoms with Crippen molar-refractivity contribution >= 4 is 17.4 Å². The summed E-state index contributed by atoms with van der Waals surface area (Å²) >= 11 is 0. The van der Waals surface area contributed by atoms with Gasteiger partial charge in [0.05, 0.1) is 24.8 Å². The van der Waals surface area contributed by atoms with Gasteiger partial charge in [-0.2, -0.15) is 0 Å². The molecule has 1 heterocycles. The number of benzene rings is 2. The quantitative estimate of drug-likeness (QED) is 0.160. The molecule has 1 aliphatic rings. The third-order valence-electron chi connectivity index (χ3n) is 6.56. The lowest BCUT2D eigenvalue weighted by atomic mass is 9.94. The first-order chi connectivity index (χ1) is 18.1. The maximum Gasteiger partial charge on any atom is 0.295 e. The Morgan fingerprint density at radius 2 is 1.76 bits per heavy atom. The highest BCUT2D eigenvalue weighted by Gasteiger charge is 2.45. The van der Waals surface area contributed by atoms with E-state index in [1.54, 1.807) is 23.1 Å². The summed E-state index contributed by atoms with van der Waals surface area (Å²) in [7, 11) is 3.84. The Hall–Kier alpha value is -3.32. The van der Waals surface area contributed by atoms with Gasteiger partial charge in [-0.3, -0.25) is 9.59 Å². The second-order valence-electron chi connectivity index (χ2n) is 10.6. The predicted octanol–water partition coefficient (Wildman–Crippen LogP) is 5.58. The zero-order valence-electron chi connectivity index (χ0n) is 23.6. The number of ether oxygens (including phenoxy) is 2. The molecule has 0 radical (unpaired) electrons. The Balaban J connectivity index is 1.98. The fraction of sp³-hybridized carbons (Fsp3) is 0.484. The van der Waals surface area contributed by atoms with E-state index in [2.05, 4.69) is 20.8 Å². The number of carbonyl (C=O) groups is 2. The summed E-state index contributed by atoms with van der Waals surface area (Å²) in [6.45, 7) is 10.4. The van der Waals surface area contributed by atoms with Gasteiger partial charge in [0.1, 0.15) is 17.3 Å². The normalized spacial score (nSPS) is 17.1. The number of carbonyl (C=O) groups excluding carboxylic acids is 2. The molecule has 38 heavy (non-hydrogen) atoms. The number of Topliss-reactive ketones (excluding diaryl/α,β-unsaturated/α-hetero) is 1. The van der Waals surface area contributed by atoms with Crippen molar-refractivity contribution in [1.82, 2.24) is 9.80 Å². The van der Waals surface area contributed by atoms with Crippen molar-refractivity contribution in [2.75, 3.05) is 40.4 Å². The summed E-state index contributed by atoms with van der Waals surface area (Å²) in [5, 5.41) is 11.4. The smallest absolute Gasteiger partial charge is 0.295 e. The first-order valence-corrected chi connectivity index (χ1v) is 13.5. The zero-order chi connectivity index (χ0) is 27.8. The summed E-state index contributed by atoms with van der Waals surface area (Å²) in [4.78, 5) is 30.0. The van der Waals surface area contributed by atoms with E-state index >= 15 is 0 Å². The fourth-order valence-corrected chi connectivity index (χ4v) is 4.42. The van der Waals surface area contributed by atoms with E-state index < -0.39 is 17.7 Å². The van der Waals surface area contributed by atoms with Crippen molar-refractivity contribution < 1.29 is 24.2 Å². The largest absolute Gasteiger partial charge is 0.507 e. The van der Waals surface area contributed by atoms with Gasteiger partial charge in [0.15, 0.2) is 0 Å². The number of aliphatic hydroxyl groups is 1. The van der Waals surface area contributed by atoms with Crippen LogP contribution in [0.2, 0.25) is 0 Å². The van der Waals surface area contributed by atoms with Gasteiger partial charge in [-0.1, -0.05) is 45.7 Å². The Labute approximate surface area is 227 Å². The number of hydrogen-bond acceptors (Lipinski definition) is 6. The summed E-state index contributed by atoms with van der Waals surface area (Å²) in [5.41, 5.74) is 2.17. The van der Waals surface area contributed by atoms with Crippen molar-refractivity contribution in [3.63, 3.8) is 0 Å². The van der Waals surface area contributed by atoms with Crippen LogP contribution in [0.4, 0.5) is 0 Å². The van der Waals surface area contributed by atoms with Gasteiger partial charge in [-0.05, 0) is 74.8 Å². The van der Waals surface area contributed by atoms with E-state index in [0.29, 0.717) is 37.8 Å². The SMILES string of the molecule is CCCCCOc1ccc(C2/C(=C(\O)c3ccc(OCC(C)C)c(C)c3)C(=O)C(=O)N2CCN(C)C)cc1. The molecule has 1 saturated heterocycles. The molecule has 0 aromatic heterocycles. The Kier molecular flexibility index (Phi) is 10.4. The minimum atomic E-state index is -0.693. The van der Waals surface area contributed by atoms with Crippen molar-refractivity contribution in [2.45, 2.75) is 53.0 Å². The van der Waals surface area contributed by atoms with Crippen LogP contribution in [0.25, 0.3) is 5.76 Å². The molecular weight excluding hydrogens is 480 g/mol. The average Bonchev–Trinajstić information content (AvgIpc) is 3.14. The minimum Gasteiger partial charge on any atom is -0.507 e. The molecule has 1 N–H and O–H groups in total. The van der Waals surface area contributed by atoms with E-state index in [4.69, 9.17) is 9.47 Å². The zero-order valence-corrected chi connectivity index (χ0v) is 23.6. The average molecular weight is 523 g/mol. The summed E-state index contributed by atoms with van der Waals surface area (Å²) in [6, 6.07) is 12.1. The first-order valence-electron chi connectivity index (χ1n) is 13.5. The number of rotatable bonds is 13. The maximum absolute atomic E-state index is 13.3. The van der Waals surface area contributed by atoms with E-state index in [-0.39, 0.29) is 11.3 Å². The van der Waals surface area contributed by atoms with Crippen molar-refractivity contribution in [1.29, 1.82) is 0 Å². The van der Waals surface area contributed by atoms with Crippen LogP contribution < -0.4 is 9.47 Å². The van der Waals surface area contributed by atoms with Gasteiger partial charge in [0.25, 0.3) is 11.7 Å². The third-order valence-corrected chi connectivity index (χ3v) is 6.56. The molecule has 0 saturated carbocycles.